The lowest BCUT2D eigenvalue weighted by Crippen LogP contribution is -2.35. The fraction of sp³-hybridized carbons (Fsp3) is 0.462. The molecule has 0 N–H and O–H groups in total. The monoisotopic (exact) mass is 311 g/mol. The fourth-order valence-electron chi connectivity index (χ4n) is 2.22. The summed E-state index contributed by atoms with van der Waals surface area (Å²) < 4.78 is 25.9. The maximum atomic E-state index is 12.4. The van der Waals surface area contributed by atoms with Gasteiger partial charge >= 0.3 is 0 Å². The van der Waals surface area contributed by atoms with Crippen molar-refractivity contribution in [3.05, 3.63) is 23.1 Å². The standard InChI is InChI=1S/C13H17N3O4S/c1-15(2)21(19,20)13-9-10(14-18)3-4-12(13)16-7-5-11(17)6-8-16/h3-4,9H,5-8H2,1-2H3. The average molecular weight is 311 g/mol. The molecule has 1 fully saturated rings. The van der Waals surface area contributed by atoms with Crippen molar-refractivity contribution in [2.24, 2.45) is 5.18 Å². The zero-order valence-corrected chi connectivity index (χ0v) is 12.8. The number of sulfonamides is 1. The first kappa shape index (κ1) is 15.6. The highest BCUT2D eigenvalue weighted by molar-refractivity contribution is 7.89. The Kier molecular flexibility index (Phi) is 4.38. The number of Topliss-reactive ketones (excluding diaryl/α,β-unsaturated/α-hetero) is 1. The van der Waals surface area contributed by atoms with E-state index in [4.69, 9.17) is 0 Å². The quantitative estimate of drug-likeness (QED) is 0.786. The van der Waals surface area contributed by atoms with E-state index in [1.807, 2.05) is 4.90 Å². The Morgan fingerprint density at radius 3 is 2.33 bits per heavy atom. The minimum Gasteiger partial charge on any atom is -0.370 e. The van der Waals surface area contributed by atoms with Crippen LogP contribution in [-0.4, -0.2) is 45.7 Å². The zero-order valence-electron chi connectivity index (χ0n) is 11.9. The fourth-order valence-corrected chi connectivity index (χ4v) is 3.35. The molecule has 0 amide bonds. The van der Waals surface area contributed by atoms with Gasteiger partial charge in [0.2, 0.25) is 10.0 Å². The summed E-state index contributed by atoms with van der Waals surface area (Å²) in [6.45, 7) is 0.950. The van der Waals surface area contributed by atoms with Gasteiger partial charge in [-0.15, -0.1) is 4.91 Å². The van der Waals surface area contributed by atoms with E-state index in [1.165, 1.54) is 26.2 Å². The molecule has 1 heterocycles. The number of benzene rings is 1. The molecule has 1 aromatic rings. The number of carbonyl (C=O) groups is 1. The number of hydrogen-bond donors (Lipinski definition) is 0. The van der Waals surface area contributed by atoms with Crippen molar-refractivity contribution in [2.45, 2.75) is 17.7 Å². The Labute approximate surface area is 123 Å². The molecule has 0 saturated carbocycles. The number of nitroso groups, excluding NO2 is 1. The molecule has 2 rings (SSSR count). The van der Waals surface area contributed by atoms with E-state index in [0.717, 1.165) is 4.31 Å². The lowest BCUT2D eigenvalue weighted by atomic mass is 10.1. The van der Waals surface area contributed by atoms with Crippen LogP contribution in [0.2, 0.25) is 0 Å². The molecule has 8 heteroatoms. The van der Waals surface area contributed by atoms with Crippen molar-refractivity contribution in [1.29, 1.82) is 0 Å². The Bertz CT molecular complexity index is 660. The van der Waals surface area contributed by atoms with E-state index >= 15 is 0 Å². The summed E-state index contributed by atoms with van der Waals surface area (Å²) >= 11 is 0. The van der Waals surface area contributed by atoms with E-state index in [0.29, 0.717) is 31.6 Å². The molecule has 0 atom stereocenters. The molecule has 1 aliphatic heterocycles. The number of nitrogens with zero attached hydrogens (tertiary/aromatic N) is 3. The lowest BCUT2D eigenvalue weighted by molar-refractivity contribution is -0.119. The van der Waals surface area contributed by atoms with Crippen LogP contribution in [0.4, 0.5) is 11.4 Å². The van der Waals surface area contributed by atoms with Crippen molar-refractivity contribution < 1.29 is 13.2 Å². The molecule has 0 spiro atoms. The third kappa shape index (κ3) is 3.11. The topological polar surface area (TPSA) is 87.1 Å². The van der Waals surface area contributed by atoms with Crippen LogP contribution in [0, 0.1) is 4.91 Å². The van der Waals surface area contributed by atoms with Crippen LogP contribution in [0.5, 0.6) is 0 Å². The van der Waals surface area contributed by atoms with Gasteiger partial charge in [0.15, 0.2) is 0 Å². The highest BCUT2D eigenvalue weighted by Crippen LogP contribution is 2.32. The smallest absolute Gasteiger partial charge is 0.244 e. The number of ketones is 1. The molecule has 0 unspecified atom stereocenters. The third-order valence-corrected chi connectivity index (χ3v) is 5.31. The maximum Gasteiger partial charge on any atom is 0.244 e. The van der Waals surface area contributed by atoms with E-state index in [1.54, 1.807) is 6.07 Å². The van der Waals surface area contributed by atoms with Crippen LogP contribution in [-0.2, 0) is 14.8 Å². The molecule has 21 heavy (non-hydrogen) atoms. The predicted molar refractivity (Wildman–Crippen MR) is 79.2 cm³/mol. The third-order valence-electron chi connectivity index (χ3n) is 3.47. The summed E-state index contributed by atoms with van der Waals surface area (Å²) in [7, 11) is -0.834. The van der Waals surface area contributed by atoms with Gasteiger partial charge in [-0.25, -0.2) is 12.7 Å². The minimum atomic E-state index is -3.70. The number of anilines is 1. The number of piperidine rings is 1. The summed E-state index contributed by atoms with van der Waals surface area (Å²) in [6.07, 6.45) is 0.796. The first-order valence-electron chi connectivity index (χ1n) is 6.53. The molecular formula is C13H17N3O4S. The van der Waals surface area contributed by atoms with E-state index < -0.39 is 10.0 Å². The van der Waals surface area contributed by atoms with Gasteiger partial charge < -0.3 is 4.90 Å². The first-order valence-corrected chi connectivity index (χ1v) is 7.97. The van der Waals surface area contributed by atoms with Crippen molar-refractivity contribution in [3.8, 4) is 0 Å². The van der Waals surface area contributed by atoms with Crippen LogP contribution in [0.1, 0.15) is 12.8 Å². The second-order valence-electron chi connectivity index (χ2n) is 5.06. The van der Waals surface area contributed by atoms with E-state index in [-0.39, 0.29) is 16.4 Å². The Morgan fingerprint density at radius 1 is 1.19 bits per heavy atom. The molecule has 1 saturated heterocycles. The summed E-state index contributed by atoms with van der Waals surface area (Å²) in [5.41, 5.74) is 0.566. The second kappa shape index (κ2) is 5.90. The summed E-state index contributed by atoms with van der Waals surface area (Å²) in [5.74, 6) is 0.175. The van der Waals surface area contributed by atoms with Crippen LogP contribution in [0.15, 0.2) is 28.3 Å². The first-order chi connectivity index (χ1) is 9.86. The van der Waals surface area contributed by atoms with Crippen LogP contribution >= 0.6 is 0 Å². The maximum absolute atomic E-state index is 12.4. The Hall–Kier alpha value is -1.80. The average Bonchev–Trinajstić information content (AvgIpc) is 2.47. The van der Waals surface area contributed by atoms with Gasteiger partial charge in [-0.3, -0.25) is 4.79 Å². The molecule has 114 valence electrons. The molecular weight excluding hydrogens is 294 g/mol. The Balaban J connectivity index is 2.50. The number of carbonyl (C=O) groups excluding carboxylic acids is 1. The summed E-state index contributed by atoms with van der Waals surface area (Å²) in [4.78, 5) is 23.9. The highest BCUT2D eigenvalue weighted by Gasteiger charge is 2.26. The minimum absolute atomic E-state index is 0.0407. The number of hydrogen-bond acceptors (Lipinski definition) is 6. The highest BCUT2D eigenvalue weighted by atomic mass is 32.2. The molecule has 0 radical (unpaired) electrons. The molecule has 0 aromatic heterocycles. The van der Waals surface area contributed by atoms with Crippen molar-refractivity contribution in [3.63, 3.8) is 0 Å². The van der Waals surface area contributed by atoms with Crippen LogP contribution in [0.25, 0.3) is 0 Å². The van der Waals surface area contributed by atoms with Crippen molar-refractivity contribution in [1.82, 2.24) is 4.31 Å². The Morgan fingerprint density at radius 2 is 1.81 bits per heavy atom. The van der Waals surface area contributed by atoms with Gasteiger partial charge in [-0.1, -0.05) is 0 Å². The van der Waals surface area contributed by atoms with Gasteiger partial charge in [0, 0.05) is 40.0 Å². The summed E-state index contributed by atoms with van der Waals surface area (Å²) in [5, 5.41) is 2.80. The largest absolute Gasteiger partial charge is 0.370 e. The van der Waals surface area contributed by atoms with Crippen molar-refractivity contribution >= 4 is 27.2 Å². The molecule has 0 bridgehead atoms. The number of rotatable bonds is 4. The molecule has 7 nitrogen and oxygen atoms in total. The van der Waals surface area contributed by atoms with Gasteiger partial charge in [0.25, 0.3) is 0 Å². The normalized spacial score (nSPS) is 16.3. The molecule has 1 aromatic carbocycles. The second-order valence-corrected chi connectivity index (χ2v) is 7.18. The predicted octanol–water partition coefficient (Wildman–Crippen LogP) is 1.50. The van der Waals surface area contributed by atoms with E-state index in [2.05, 4.69) is 5.18 Å². The molecule has 0 aliphatic carbocycles. The lowest BCUT2D eigenvalue weighted by Gasteiger charge is -2.30. The van der Waals surface area contributed by atoms with Gasteiger partial charge in [-0.05, 0) is 23.4 Å². The van der Waals surface area contributed by atoms with Gasteiger partial charge in [0.1, 0.15) is 16.4 Å². The van der Waals surface area contributed by atoms with Gasteiger partial charge in [0.05, 0.1) is 5.69 Å². The van der Waals surface area contributed by atoms with Crippen molar-refractivity contribution in [2.75, 3.05) is 32.1 Å². The SMILES string of the molecule is CN(C)S(=O)(=O)c1cc(N=O)ccc1N1CCC(=O)CC1. The molecule has 1 aliphatic rings. The van der Waals surface area contributed by atoms with Crippen LogP contribution < -0.4 is 4.90 Å². The van der Waals surface area contributed by atoms with E-state index in [9.17, 15) is 18.1 Å². The van der Waals surface area contributed by atoms with Gasteiger partial charge in [-0.2, -0.15) is 0 Å². The zero-order chi connectivity index (χ0) is 15.6. The summed E-state index contributed by atoms with van der Waals surface area (Å²) in [6, 6.07) is 4.32. The van der Waals surface area contributed by atoms with Crippen LogP contribution in [0.3, 0.4) is 0 Å².